The number of esters is 2. The first-order valence-electron chi connectivity index (χ1n) is 6.56. The van der Waals surface area contributed by atoms with Crippen LogP contribution in [-0.2, 0) is 28.7 Å². The van der Waals surface area contributed by atoms with Crippen LogP contribution in [0.15, 0.2) is 0 Å². The molecule has 1 fully saturated rings. The molecule has 0 aromatic rings. The molecule has 1 aliphatic rings. The number of carbonyl (C=O) groups excluding carboxylic acids is 4. The highest BCUT2D eigenvalue weighted by molar-refractivity contribution is 6.43. The van der Waals surface area contributed by atoms with Gasteiger partial charge in [-0.05, 0) is 27.7 Å². The predicted octanol–water partition coefficient (Wildman–Crippen LogP) is -0.0829. The van der Waals surface area contributed by atoms with E-state index in [0.29, 0.717) is 0 Å². The number of ether oxygens (including phenoxy) is 2. The standard InChI is InChI=1S/C13H19NO6/c1-5-19-12(17)8-9(13(18)20-6-2)14(7(3)4)11(16)10(8)15/h7-9H,5-6H2,1-4H3/t8-,9-/m1/s1. The molecule has 20 heavy (non-hydrogen) atoms. The van der Waals surface area contributed by atoms with E-state index in [1.54, 1.807) is 27.7 Å². The lowest BCUT2D eigenvalue weighted by atomic mass is 9.99. The van der Waals surface area contributed by atoms with Crippen LogP contribution in [0.5, 0.6) is 0 Å². The second kappa shape index (κ2) is 6.49. The van der Waals surface area contributed by atoms with Gasteiger partial charge in [-0.3, -0.25) is 14.4 Å². The van der Waals surface area contributed by atoms with Crippen LogP contribution in [0.3, 0.4) is 0 Å². The molecule has 112 valence electrons. The fraction of sp³-hybridized carbons (Fsp3) is 0.692. The summed E-state index contributed by atoms with van der Waals surface area (Å²) in [4.78, 5) is 48.8. The van der Waals surface area contributed by atoms with Crippen LogP contribution in [0.25, 0.3) is 0 Å². The first-order chi connectivity index (χ1) is 9.36. The highest BCUT2D eigenvalue weighted by Crippen LogP contribution is 2.27. The number of ketones is 1. The van der Waals surface area contributed by atoms with Gasteiger partial charge >= 0.3 is 11.9 Å². The third kappa shape index (κ3) is 2.81. The molecule has 0 saturated carbocycles. The maximum absolute atomic E-state index is 12.0. The Labute approximate surface area is 117 Å². The number of hydrogen-bond donors (Lipinski definition) is 0. The SMILES string of the molecule is CCOC(=O)[C@H]1C(=O)C(=O)N(C(C)C)[C@H]1C(=O)OCC. The van der Waals surface area contributed by atoms with Crippen molar-refractivity contribution in [2.24, 2.45) is 5.92 Å². The van der Waals surface area contributed by atoms with E-state index in [1.165, 1.54) is 0 Å². The van der Waals surface area contributed by atoms with Crippen molar-refractivity contribution in [1.29, 1.82) is 0 Å². The average molecular weight is 285 g/mol. The zero-order valence-corrected chi connectivity index (χ0v) is 12.0. The summed E-state index contributed by atoms with van der Waals surface area (Å²) < 4.78 is 9.65. The first-order valence-corrected chi connectivity index (χ1v) is 6.56. The van der Waals surface area contributed by atoms with Crippen molar-refractivity contribution in [2.75, 3.05) is 13.2 Å². The van der Waals surface area contributed by atoms with Gasteiger partial charge in [-0.1, -0.05) is 0 Å². The molecule has 0 aromatic carbocycles. The molecule has 7 heteroatoms. The van der Waals surface area contributed by atoms with Crippen LogP contribution >= 0.6 is 0 Å². The molecule has 2 atom stereocenters. The molecule has 1 aliphatic heterocycles. The minimum absolute atomic E-state index is 0.0635. The summed E-state index contributed by atoms with van der Waals surface area (Å²) in [5.41, 5.74) is 0. The van der Waals surface area contributed by atoms with Gasteiger partial charge in [0.2, 0.25) is 5.78 Å². The summed E-state index contributed by atoms with van der Waals surface area (Å²) in [5.74, 6) is -4.85. The molecular formula is C13H19NO6. The predicted molar refractivity (Wildman–Crippen MR) is 67.5 cm³/mol. The Morgan fingerprint density at radius 2 is 1.60 bits per heavy atom. The van der Waals surface area contributed by atoms with Gasteiger partial charge in [0.05, 0.1) is 13.2 Å². The van der Waals surface area contributed by atoms with Crippen molar-refractivity contribution in [3.05, 3.63) is 0 Å². The topological polar surface area (TPSA) is 90.0 Å². The fourth-order valence-electron chi connectivity index (χ4n) is 2.19. The summed E-state index contributed by atoms with van der Waals surface area (Å²) >= 11 is 0. The zero-order chi connectivity index (χ0) is 15.4. The molecule has 0 spiro atoms. The molecule has 1 rings (SSSR count). The number of nitrogens with zero attached hydrogens (tertiary/aromatic N) is 1. The second-order valence-electron chi connectivity index (χ2n) is 4.60. The van der Waals surface area contributed by atoms with Gasteiger partial charge in [0.25, 0.3) is 5.91 Å². The maximum Gasteiger partial charge on any atom is 0.330 e. The van der Waals surface area contributed by atoms with Crippen molar-refractivity contribution in [2.45, 2.75) is 39.8 Å². The van der Waals surface area contributed by atoms with E-state index in [1.807, 2.05) is 0 Å². The Bertz CT molecular complexity index is 431. The highest BCUT2D eigenvalue weighted by atomic mass is 16.5. The van der Waals surface area contributed by atoms with Crippen LogP contribution in [-0.4, -0.2) is 53.8 Å². The summed E-state index contributed by atoms with van der Waals surface area (Å²) in [5, 5.41) is 0. The van der Waals surface area contributed by atoms with Crippen molar-refractivity contribution in [3.8, 4) is 0 Å². The van der Waals surface area contributed by atoms with Crippen LogP contribution in [0.4, 0.5) is 0 Å². The molecule has 1 saturated heterocycles. The molecule has 0 aromatic heterocycles. The Balaban J connectivity index is 3.17. The van der Waals surface area contributed by atoms with Gasteiger partial charge in [0, 0.05) is 6.04 Å². The molecule has 1 amide bonds. The Kier molecular flexibility index (Phi) is 5.24. The molecule has 0 N–H and O–H groups in total. The van der Waals surface area contributed by atoms with Crippen molar-refractivity contribution < 1.29 is 28.7 Å². The lowest BCUT2D eigenvalue weighted by Gasteiger charge is -2.27. The molecule has 1 heterocycles. The van der Waals surface area contributed by atoms with E-state index >= 15 is 0 Å². The highest BCUT2D eigenvalue weighted by Gasteiger charge is 2.56. The number of Topliss-reactive ketones (excluding diaryl/α,β-unsaturated/α-hetero) is 1. The smallest absolute Gasteiger partial charge is 0.330 e. The summed E-state index contributed by atoms with van der Waals surface area (Å²) in [6, 6.07) is -1.64. The van der Waals surface area contributed by atoms with E-state index < -0.39 is 41.6 Å². The Morgan fingerprint density at radius 3 is 2.05 bits per heavy atom. The van der Waals surface area contributed by atoms with Gasteiger partial charge in [0.15, 0.2) is 12.0 Å². The van der Waals surface area contributed by atoms with Gasteiger partial charge in [-0.2, -0.15) is 0 Å². The van der Waals surface area contributed by atoms with Crippen LogP contribution in [0.1, 0.15) is 27.7 Å². The van der Waals surface area contributed by atoms with Crippen molar-refractivity contribution >= 4 is 23.6 Å². The third-order valence-corrected chi connectivity index (χ3v) is 2.97. The molecule has 0 unspecified atom stereocenters. The van der Waals surface area contributed by atoms with E-state index in [0.717, 1.165) is 4.90 Å². The lowest BCUT2D eigenvalue weighted by molar-refractivity contribution is -0.160. The number of amides is 1. The average Bonchev–Trinajstić information content (AvgIpc) is 2.63. The van der Waals surface area contributed by atoms with Crippen LogP contribution < -0.4 is 0 Å². The number of hydrogen-bond acceptors (Lipinski definition) is 6. The van der Waals surface area contributed by atoms with Crippen molar-refractivity contribution in [1.82, 2.24) is 4.90 Å². The number of likely N-dealkylation sites (tertiary alicyclic amines) is 1. The minimum atomic E-state index is -1.44. The van der Waals surface area contributed by atoms with E-state index in [4.69, 9.17) is 9.47 Å². The molecule has 0 bridgehead atoms. The van der Waals surface area contributed by atoms with Gasteiger partial charge in [0.1, 0.15) is 0 Å². The van der Waals surface area contributed by atoms with E-state index in [2.05, 4.69) is 0 Å². The van der Waals surface area contributed by atoms with E-state index in [9.17, 15) is 19.2 Å². The van der Waals surface area contributed by atoms with Gasteiger partial charge in [-0.15, -0.1) is 0 Å². The quantitative estimate of drug-likeness (QED) is 0.398. The molecule has 0 radical (unpaired) electrons. The number of rotatable bonds is 5. The van der Waals surface area contributed by atoms with Gasteiger partial charge in [-0.25, -0.2) is 4.79 Å². The Hall–Kier alpha value is -1.92. The fourth-order valence-corrected chi connectivity index (χ4v) is 2.19. The van der Waals surface area contributed by atoms with Crippen LogP contribution in [0, 0.1) is 5.92 Å². The molecular weight excluding hydrogens is 266 g/mol. The summed E-state index contributed by atoms with van der Waals surface area (Å²) in [6.45, 7) is 6.66. The maximum atomic E-state index is 12.0. The zero-order valence-electron chi connectivity index (χ0n) is 12.0. The summed E-state index contributed by atoms with van der Waals surface area (Å²) in [6.07, 6.45) is 0. The van der Waals surface area contributed by atoms with Crippen LogP contribution in [0.2, 0.25) is 0 Å². The first kappa shape index (κ1) is 16.1. The van der Waals surface area contributed by atoms with Gasteiger partial charge < -0.3 is 14.4 Å². The summed E-state index contributed by atoms with van der Waals surface area (Å²) in [7, 11) is 0. The Morgan fingerprint density at radius 1 is 1.10 bits per heavy atom. The normalized spacial score (nSPS) is 22.4. The van der Waals surface area contributed by atoms with Crippen molar-refractivity contribution in [3.63, 3.8) is 0 Å². The lowest BCUT2D eigenvalue weighted by Crippen LogP contribution is -2.47. The number of carbonyl (C=O) groups is 4. The minimum Gasteiger partial charge on any atom is -0.465 e. The molecule has 0 aliphatic carbocycles. The second-order valence-corrected chi connectivity index (χ2v) is 4.60. The van der Waals surface area contributed by atoms with E-state index in [-0.39, 0.29) is 13.2 Å². The molecule has 7 nitrogen and oxygen atoms in total. The monoisotopic (exact) mass is 285 g/mol. The largest absolute Gasteiger partial charge is 0.465 e. The third-order valence-electron chi connectivity index (χ3n) is 2.97.